The molecule has 1 N–H and O–H groups in total. The van der Waals surface area contributed by atoms with Crippen LogP contribution in [0.3, 0.4) is 0 Å². The number of nitrogens with one attached hydrogen (secondary N) is 1. The van der Waals surface area contributed by atoms with E-state index in [2.05, 4.69) is 5.32 Å². The van der Waals surface area contributed by atoms with Gasteiger partial charge in [-0.2, -0.15) is 0 Å². The lowest BCUT2D eigenvalue weighted by Crippen LogP contribution is -2.24. The van der Waals surface area contributed by atoms with Gasteiger partial charge in [0.2, 0.25) is 0 Å². The molecule has 0 aliphatic carbocycles. The first-order valence-electron chi connectivity index (χ1n) is 4.14. The van der Waals surface area contributed by atoms with E-state index in [4.69, 9.17) is 4.74 Å². The summed E-state index contributed by atoms with van der Waals surface area (Å²) in [5.74, 6) is 0. The van der Waals surface area contributed by atoms with Crippen molar-refractivity contribution in [2.45, 2.75) is 19.4 Å². The fourth-order valence-electron chi connectivity index (χ4n) is 1.37. The first-order chi connectivity index (χ1) is 6.10. The van der Waals surface area contributed by atoms with Crippen LogP contribution in [0.2, 0.25) is 0 Å². The summed E-state index contributed by atoms with van der Waals surface area (Å²) in [4.78, 5) is 13.2. The Balaban J connectivity index is 2.30. The highest BCUT2D eigenvalue weighted by Crippen LogP contribution is 2.33. The summed E-state index contributed by atoms with van der Waals surface area (Å²) >= 11 is 1.67. The van der Waals surface area contributed by atoms with E-state index in [0.29, 0.717) is 6.54 Å². The Morgan fingerprint density at radius 2 is 2.38 bits per heavy atom. The topological polar surface area (TPSA) is 38.3 Å². The summed E-state index contributed by atoms with van der Waals surface area (Å²) in [5, 5.41) is 2.66. The van der Waals surface area contributed by atoms with E-state index in [1.54, 1.807) is 11.3 Å². The third kappa shape index (κ3) is 1.42. The summed E-state index contributed by atoms with van der Waals surface area (Å²) in [7, 11) is 0. The van der Waals surface area contributed by atoms with Crippen molar-refractivity contribution in [1.82, 2.24) is 5.32 Å². The van der Waals surface area contributed by atoms with Crippen LogP contribution in [-0.4, -0.2) is 12.6 Å². The summed E-state index contributed by atoms with van der Waals surface area (Å²) in [6, 6.07) is 4.05. The average Bonchev–Trinajstić information content (AvgIpc) is 2.60. The van der Waals surface area contributed by atoms with Gasteiger partial charge in [0.05, 0.1) is 6.54 Å². The number of rotatable bonds is 1. The van der Waals surface area contributed by atoms with Crippen LogP contribution in [0.1, 0.15) is 16.7 Å². The molecule has 2 rings (SSSR count). The van der Waals surface area contributed by atoms with Crippen molar-refractivity contribution < 1.29 is 9.53 Å². The van der Waals surface area contributed by atoms with Gasteiger partial charge in [-0.15, -0.1) is 11.3 Å². The van der Waals surface area contributed by atoms with Crippen LogP contribution in [0, 0.1) is 6.92 Å². The Bertz CT molecular complexity index is 347. The maximum Gasteiger partial charge on any atom is 0.408 e. The second-order valence-corrected chi connectivity index (χ2v) is 4.67. The van der Waals surface area contributed by atoms with Gasteiger partial charge < -0.3 is 10.1 Å². The maximum absolute atomic E-state index is 10.9. The smallest absolute Gasteiger partial charge is 0.408 e. The van der Waals surface area contributed by atoms with Gasteiger partial charge in [-0.1, -0.05) is 0 Å². The Morgan fingerprint density at radius 3 is 2.85 bits per heavy atom. The number of ether oxygens (including phenoxy) is 1. The number of cyclic esters (lactones) is 1. The predicted octanol–water partition coefficient (Wildman–Crippen LogP) is 2.01. The summed E-state index contributed by atoms with van der Waals surface area (Å²) in [5.41, 5.74) is -0.462. The number of carbonyl (C=O) groups is 1. The molecule has 2 heterocycles. The zero-order valence-electron chi connectivity index (χ0n) is 7.59. The molecule has 70 valence electrons. The first kappa shape index (κ1) is 8.56. The van der Waals surface area contributed by atoms with Gasteiger partial charge in [-0.05, 0) is 26.0 Å². The molecule has 1 fully saturated rings. The van der Waals surface area contributed by atoms with Gasteiger partial charge in [0, 0.05) is 9.75 Å². The van der Waals surface area contributed by atoms with Crippen LogP contribution in [0.25, 0.3) is 0 Å². The monoisotopic (exact) mass is 197 g/mol. The maximum atomic E-state index is 10.9. The fraction of sp³-hybridized carbons (Fsp3) is 0.444. The molecule has 0 aromatic carbocycles. The molecule has 0 bridgehead atoms. The molecule has 1 amide bonds. The SMILES string of the molecule is Cc1ccc(C2(C)CNC(=O)O2)s1. The van der Waals surface area contributed by atoms with Crippen molar-refractivity contribution in [3.63, 3.8) is 0 Å². The molecule has 1 aliphatic rings. The number of hydrogen-bond acceptors (Lipinski definition) is 3. The molecule has 3 nitrogen and oxygen atoms in total. The minimum absolute atomic E-state index is 0.325. The molecule has 1 aromatic rings. The molecule has 1 atom stereocenters. The van der Waals surface area contributed by atoms with Crippen molar-refractivity contribution in [3.8, 4) is 0 Å². The highest BCUT2D eigenvalue weighted by molar-refractivity contribution is 7.12. The molecule has 1 unspecified atom stereocenters. The lowest BCUT2D eigenvalue weighted by molar-refractivity contribution is 0.0733. The van der Waals surface area contributed by atoms with Gasteiger partial charge in [0.25, 0.3) is 0 Å². The van der Waals surface area contributed by atoms with Crippen LogP contribution < -0.4 is 5.32 Å². The molecule has 4 heteroatoms. The Labute approximate surface area is 80.7 Å². The fourth-order valence-corrected chi connectivity index (χ4v) is 2.32. The second kappa shape index (κ2) is 2.73. The van der Waals surface area contributed by atoms with Gasteiger partial charge in [-0.25, -0.2) is 4.79 Å². The molecule has 1 aromatic heterocycles. The van der Waals surface area contributed by atoms with E-state index in [0.717, 1.165) is 4.88 Å². The summed E-state index contributed by atoms with van der Waals surface area (Å²) in [6.07, 6.45) is -0.325. The minimum Gasteiger partial charge on any atom is -0.436 e. The third-order valence-electron chi connectivity index (χ3n) is 2.15. The average molecular weight is 197 g/mol. The number of hydrogen-bond donors (Lipinski definition) is 1. The molecule has 0 saturated carbocycles. The molecule has 0 spiro atoms. The van der Waals surface area contributed by atoms with Gasteiger partial charge in [0.15, 0.2) is 5.60 Å². The quantitative estimate of drug-likeness (QED) is 0.748. The number of alkyl carbamates (subject to hydrolysis) is 1. The highest BCUT2D eigenvalue weighted by atomic mass is 32.1. The van der Waals surface area contributed by atoms with E-state index in [1.165, 1.54) is 4.88 Å². The number of aryl methyl sites for hydroxylation is 1. The molecule has 13 heavy (non-hydrogen) atoms. The van der Waals surface area contributed by atoms with E-state index < -0.39 is 5.60 Å². The second-order valence-electron chi connectivity index (χ2n) is 3.38. The molecule has 1 saturated heterocycles. The summed E-state index contributed by atoms with van der Waals surface area (Å²) < 4.78 is 5.21. The van der Waals surface area contributed by atoms with E-state index in [9.17, 15) is 4.79 Å². The van der Waals surface area contributed by atoms with Crippen LogP contribution in [-0.2, 0) is 10.3 Å². The van der Waals surface area contributed by atoms with Crippen molar-refractivity contribution in [2.75, 3.05) is 6.54 Å². The molecule has 1 aliphatic heterocycles. The number of amides is 1. The van der Waals surface area contributed by atoms with Crippen molar-refractivity contribution in [3.05, 3.63) is 21.9 Å². The van der Waals surface area contributed by atoms with E-state index in [-0.39, 0.29) is 6.09 Å². The zero-order valence-corrected chi connectivity index (χ0v) is 8.40. The van der Waals surface area contributed by atoms with Crippen molar-refractivity contribution in [1.29, 1.82) is 0 Å². The Morgan fingerprint density at radius 1 is 1.62 bits per heavy atom. The van der Waals surface area contributed by atoms with E-state index in [1.807, 2.05) is 26.0 Å². The standard InChI is InChI=1S/C9H11NO2S/c1-6-3-4-7(13-6)9(2)5-10-8(11)12-9/h3-4H,5H2,1-2H3,(H,10,11). The van der Waals surface area contributed by atoms with Crippen LogP contribution in [0.4, 0.5) is 4.79 Å². The largest absolute Gasteiger partial charge is 0.436 e. The molecular weight excluding hydrogens is 186 g/mol. The number of carbonyl (C=O) groups excluding carboxylic acids is 1. The first-order valence-corrected chi connectivity index (χ1v) is 4.95. The van der Waals surface area contributed by atoms with Crippen LogP contribution in [0.5, 0.6) is 0 Å². The zero-order chi connectivity index (χ0) is 9.47. The van der Waals surface area contributed by atoms with Gasteiger partial charge >= 0.3 is 6.09 Å². The molecular formula is C9H11NO2S. The highest BCUT2D eigenvalue weighted by Gasteiger charge is 2.38. The Hall–Kier alpha value is -1.03. The lowest BCUT2D eigenvalue weighted by atomic mass is 10.1. The third-order valence-corrected chi connectivity index (χ3v) is 3.40. The lowest BCUT2D eigenvalue weighted by Gasteiger charge is -2.18. The van der Waals surface area contributed by atoms with Gasteiger partial charge in [0.1, 0.15) is 0 Å². The number of thiophene rings is 1. The van der Waals surface area contributed by atoms with E-state index >= 15 is 0 Å². The Kier molecular flexibility index (Phi) is 1.80. The molecule has 0 radical (unpaired) electrons. The predicted molar refractivity (Wildman–Crippen MR) is 50.9 cm³/mol. The van der Waals surface area contributed by atoms with Crippen LogP contribution >= 0.6 is 11.3 Å². The normalized spacial score (nSPS) is 27.1. The van der Waals surface area contributed by atoms with Crippen molar-refractivity contribution in [2.24, 2.45) is 0 Å². The van der Waals surface area contributed by atoms with Crippen LogP contribution in [0.15, 0.2) is 12.1 Å². The summed E-state index contributed by atoms with van der Waals surface area (Å²) in [6.45, 7) is 4.53. The van der Waals surface area contributed by atoms with Gasteiger partial charge in [-0.3, -0.25) is 0 Å². The van der Waals surface area contributed by atoms with Crippen molar-refractivity contribution >= 4 is 17.4 Å². The minimum atomic E-state index is -0.462.